The predicted octanol–water partition coefficient (Wildman–Crippen LogP) is 3.17. The third-order valence-corrected chi connectivity index (χ3v) is 5.50. The highest BCUT2D eigenvalue weighted by atomic mass is 79.9. The number of hydrogen-bond acceptors (Lipinski definition) is 4. The third kappa shape index (κ3) is 5.20. The topological polar surface area (TPSA) is 75.7 Å². The lowest BCUT2D eigenvalue weighted by Crippen LogP contribution is -2.37. The minimum absolute atomic E-state index is 0.332. The number of amides is 1. The second-order valence-corrected chi connectivity index (χ2v) is 8.24. The number of aryl methyl sites for hydroxylation is 1. The van der Waals surface area contributed by atoms with Gasteiger partial charge in [0.25, 0.3) is 0 Å². The van der Waals surface area contributed by atoms with Gasteiger partial charge in [0.1, 0.15) is 12.3 Å². The predicted molar refractivity (Wildman–Crippen MR) is 103 cm³/mol. The summed E-state index contributed by atoms with van der Waals surface area (Å²) in [5.41, 5.74) is 1.93. The van der Waals surface area contributed by atoms with E-state index in [-0.39, 0.29) is 6.54 Å². The lowest BCUT2D eigenvalue weighted by Gasteiger charge is -2.22. The number of anilines is 2. The Balaban J connectivity index is 2.22. The fourth-order valence-electron chi connectivity index (χ4n) is 2.22. The highest BCUT2D eigenvalue weighted by Gasteiger charge is 2.21. The maximum Gasteiger partial charge on any atom is 0.245 e. The fraction of sp³-hybridized carbons (Fsp3) is 0.235. The standard InChI is InChI=1S/C17H19BrN2O4S/c1-12-9-13(7-8-16(12)18)19-17(21)11-20(25(3,22)23)14-5-4-6-15(10-14)24-2/h4-10H,11H2,1-3H3,(H,19,21). The van der Waals surface area contributed by atoms with Crippen LogP contribution in [-0.4, -0.2) is 34.2 Å². The van der Waals surface area contributed by atoms with Crippen molar-refractivity contribution < 1.29 is 17.9 Å². The molecule has 0 spiro atoms. The number of nitrogens with zero attached hydrogens (tertiary/aromatic N) is 1. The van der Waals surface area contributed by atoms with Crippen LogP contribution in [0.1, 0.15) is 5.56 Å². The van der Waals surface area contributed by atoms with E-state index in [1.54, 1.807) is 36.4 Å². The SMILES string of the molecule is COc1cccc(N(CC(=O)Nc2ccc(Br)c(C)c2)S(C)(=O)=O)c1. The van der Waals surface area contributed by atoms with Gasteiger partial charge in [-0.15, -0.1) is 0 Å². The van der Waals surface area contributed by atoms with E-state index in [0.717, 1.165) is 20.6 Å². The number of ether oxygens (including phenoxy) is 1. The van der Waals surface area contributed by atoms with E-state index >= 15 is 0 Å². The molecule has 6 nitrogen and oxygen atoms in total. The number of sulfonamides is 1. The van der Waals surface area contributed by atoms with Gasteiger partial charge in [-0.05, 0) is 42.8 Å². The monoisotopic (exact) mass is 426 g/mol. The first-order valence-corrected chi connectivity index (χ1v) is 10.0. The van der Waals surface area contributed by atoms with Crippen LogP contribution in [0.25, 0.3) is 0 Å². The molecule has 0 unspecified atom stereocenters. The summed E-state index contributed by atoms with van der Waals surface area (Å²) in [5.74, 6) is 0.0741. The van der Waals surface area contributed by atoms with E-state index in [2.05, 4.69) is 21.2 Å². The van der Waals surface area contributed by atoms with Crippen LogP contribution in [-0.2, 0) is 14.8 Å². The van der Waals surface area contributed by atoms with Crippen LogP contribution in [0.5, 0.6) is 5.75 Å². The van der Waals surface area contributed by atoms with Gasteiger partial charge in [0.2, 0.25) is 15.9 Å². The first kappa shape index (κ1) is 19.3. The van der Waals surface area contributed by atoms with Crippen LogP contribution in [0.2, 0.25) is 0 Å². The van der Waals surface area contributed by atoms with Crippen molar-refractivity contribution in [2.24, 2.45) is 0 Å². The molecule has 2 aromatic rings. The Morgan fingerprint density at radius 2 is 1.96 bits per heavy atom. The van der Waals surface area contributed by atoms with Crippen molar-refractivity contribution in [3.8, 4) is 5.75 Å². The van der Waals surface area contributed by atoms with Gasteiger partial charge in [-0.3, -0.25) is 9.10 Å². The van der Waals surface area contributed by atoms with Gasteiger partial charge < -0.3 is 10.1 Å². The van der Waals surface area contributed by atoms with Crippen LogP contribution >= 0.6 is 15.9 Å². The van der Waals surface area contributed by atoms with E-state index < -0.39 is 15.9 Å². The van der Waals surface area contributed by atoms with E-state index in [1.807, 2.05) is 13.0 Å². The maximum absolute atomic E-state index is 12.3. The molecule has 8 heteroatoms. The highest BCUT2D eigenvalue weighted by molar-refractivity contribution is 9.10. The van der Waals surface area contributed by atoms with Crippen molar-refractivity contribution in [1.29, 1.82) is 0 Å². The van der Waals surface area contributed by atoms with Crippen molar-refractivity contribution in [3.63, 3.8) is 0 Å². The molecule has 0 aliphatic rings. The van der Waals surface area contributed by atoms with Gasteiger partial charge in [0.15, 0.2) is 0 Å². The molecule has 0 heterocycles. The maximum atomic E-state index is 12.3. The molecule has 2 rings (SSSR count). The van der Waals surface area contributed by atoms with Crippen molar-refractivity contribution in [2.45, 2.75) is 6.92 Å². The van der Waals surface area contributed by atoms with Crippen molar-refractivity contribution >= 4 is 43.2 Å². The summed E-state index contributed by atoms with van der Waals surface area (Å²) in [6.07, 6.45) is 1.06. The molecular formula is C17H19BrN2O4S. The number of hydrogen-bond donors (Lipinski definition) is 1. The largest absolute Gasteiger partial charge is 0.497 e. The molecule has 0 atom stereocenters. The molecule has 0 aliphatic heterocycles. The van der Waals surface area contributed by atoms with E-state index in [1.165, 1.54) is 7.11 Å². The number of nitrogens with one attached hydrogen (secondary N) is 1. The average Bonchev–Trinajstić information content (AvgIpc) is 2.55. The van der Waals surface area contributed by atoms with E-state index in [4.69, 9.17) is 4.74 Å². The molecule has 0 bridgehead atoms. The van der Waals surface area contributed by atoms with E-state index in [0.29, 0.717) is 17.1 Å². The molecular weight excluding hydrogens is 408 g/mol. The average molecular weight is 427 g/mol. The normalized spacial score (nSPS) is 11.0. The zero-order valence-corrected chi connectivity index (χ0v) is 16.5. The zero-order chi connectivity index (χ0) is 18.6. The van der Waals surface area contributed by atoms with Crippen LogP contribution in [0.4, 0.5) is 11.4 Å². The number of methoxy groups -OCH3 is 1. The van der Waals surface area contributed by atoms with Gasteiger partial charge in [-0.2, -0.15) is 0 Å². The van der Waals surface area contributed by atoms with Gasteiger partial charge in [-0.1, -0.05) is 22.0 Å². The van der Waals surface area contributed by atoms with Crippen molar-refractivity contribution in [2.75, 3.05) is 29.5 Å². The van der Waals surface area contributed by atoms with Gasteiger partial charge in [0.05, 0.1) is 19.1 Å². The molecule has 1 amide bonds. The lowest BCUT2D eigenvalue weighted by atomic mass is 10.2. The first-order valence-electron chi connectivity index (χ1n) is 7.38. The summed E-state index contributed by atoms with van der Waals surface area (Å²) in [4.78, 5) is 12.3. The van der Waals surface area contributed by atoms with Crippen molar-refractivity contribution in [3.05, 3.63) is 52.5 Å². The highest BCUT2D eigenvalue weighted by Crippen LogP contribution is 2.23. The Kier molecular flexibility index (Phi) is 6.07. The zero-order valence-electron chi connectivity index (χ0n) is 14.1. The molecule has 0 saturated heterocycles. The Bertz CT molecular complexity index is 884. The minimum atomic E-state index is -3.64. The Morgan fingerprint density at radius 3 is 2.56 bits per heavy atom. The summed E-state index contributed by atoms with van der Waals surface area (Å²) in [6.45, 7) is 1.57. The van der Waals surface area contributed by atoms with Crippen LogP contribution in [0.15, 0.2) is 46.9 Å². The van der Waals surface area contributed by atoms with Crippen LogP contribution in [0, 0.1) is 6.92 Å². The second kappa shape index (κ2) is 7.88. The Hall–Kier alpha value is -2.06. The molecule has 134 valence electrons. The number of halogens is 1. The minimum Gasteiger partial charge on any atom is -0.497 e. The second-order valence-electron chi connectivity index (χ2n) is 5.48. The Labute approximate surface area is 156 Å². The molecule has 25 heavy (non-hydrogen) atoms. The number of rotatable bonds is 6. The summed E-state index contributed by atoms with van der Waals surface area (Å²) >= 11 is 3.39. The Morgan fingerprint density at radius 1 is 1.24 bits per heavy atom. The van der Waals surface area contributed by atoms with Crippen LogP contribution < -0.4 is 14.4 Å². The van der Waals surface area contributed by atoms with Crippen molar-refractivity contribution in [1.82, 2.24) is 0 Å². The smallest absolute Gasteiger partial charge is 0.245 e. The van der Waals surface area contributed by atoms with Gasteiger partial charge in [0, 0.05) is 16.2 Å². The summed E-state index contributed by atoms with van der Waals surface area (Å²) in [6, 6.07) is 11.9. The summed E-state index contributed by atoms with van der Waals surface area (Å²) in [7, 11) is -2.14. The van der Waals surface area contributed by atoms with Gasteiger partial charge >= 0.3 is 0 Å². The molecule has 0 saturated carbocycles. The summed E-state index contributed by atoms with van der Waals surface area (Å²) < 4.78 is 31.3. The molecule has 0 aromatic heterocycles. The molecule has 0 aliphatic carbocycles. The first-order chi connectivity index (χ1) is 11.7. The fourth-order valence-corrected chi connectivity index (χ4v) is 3.31. The molecule has 0 fully saturated rings. The van der Waals surface area contributed by atoms with Gasteiger partial charge in [-0.25, -0.2) is 8.42 Å². The quantitative estimate of drug-likeness (QED) is 0.769. The molecule has 1 N–H and O–H groups in total. The number of carbonyl (C=O) groups is 1. The third-order valence-electron chi connectivity index (χ3n) is 3.47. The van der Waals surface area contributed by atoms with Crippen LogP contribution in [0.3, 0.4) is 0 Å². The number of benzene rings is 2. The summed E-state index contributed by atoms with van der Waals surface area (Å²) in [5, 5.41) is 2.71. The molecule has 2 aromatic carbocycles. The number of carbonyl (C=O) groups excluding carboxylic acids is 1. The lowest BCUT2D eigenvalue weighted by molar-refractivity contribution is -0.114. The molecule has 0 radical (unpaired) electrons. The van der Waals surface area contributed by atoms with E-state index in [9.17, 15) is 13.2 Å².